The number of pyridine rings is 2. The molecule has 0 aliphatic rings. The molecule has 1 amide bonds. The zero-order valence-corrected chi connectivity index (χ0v) is 19.8. The van der Waals surface area contributed by atoms with E-state index in [1.165, 1.54) is 6.07 Å². The van der Waals surface area contributed by atoms with E-state index in [2.05, 4.69) is 36.1 Å². The number of carbonyl (C=O) groups is 1. The summed E-state index contributed by atoms with van der Waals surface area (Å²) >= 11 is 0. The lowest BCUT2D eigenvalue weighted by atomic mass is 9.85. The summed E-state index contributed by atoms with van der Waals surface area (Å²) in [6.07, 6.45) is -0.592. The molecule has 0 saturated heterocycles. The van der Waals surface area contributed by atoms with Crippen LogP contribution in [0.3, 0.4) is 0 Å². The predicted octanol–water partition coefficient (Wildman–Crippen LogP) is 6.83. The van der Waals surface area contributed by atoms with Crippen LogP contribution in [0.2, 0.25) is 0 Å². The quantitative estimate of drug-likeness (QED) is 0.343. The summed E-state index contributed by atoms with van der Waals surface area (Å²) < 4.78 is 40.7. The van der Waals surface area contributed by atoms with Gasteiger partial charge in [0.25, 0.3) is 5.91 Å². The van der Waals surface area contributed by atoms with Crippen molar-refractivity contribution in [1.29, 1.82) is 0 Å². The van der Waals surface area contributed by atoms with E-state index in [0.717, 1.165) is 28.6 Å². The molecule has 0 bridgehead atoms. The summed E-state index contributed by atoms with van der Waals surface area (Å²) in [5.41, 5.74) is 2.66. The normalized spacial score (nSPS) is 12.1. The number of amides is 1. The first-order chi connectivity index (χ1) is 16.5. The van der Waals surface area contributed by atoms with Gasteiger partial charge in [0.1, 0.15) is 0 Å². The van der Waals surface area contributed by atoms with Crippen molar-refractivity contribution in [2.45, 2.75) is 39.9 Å². The van der Waals surface area contributed by atoms with Crippen molar-refractivity contribution in [3.8, 4) is 11.3 Å². The van der Waals surface area contributed by atoms with Crippen molar-refractivity contribution < 1.29 is 18.0 Å². The molecule has 7 heteroatoms. The van der Waals surface area contributed by atoms with Crippen molar-refractivity contribution in [3.63, 3.8) is 0 Å². The van der Waals surface area contributed by atoms with Crippen molar-refractivity contribution in [2.75, 3.05) is 0 Å². The predicted molar refractivity (Wildman–Crippen MR) is 131 cm³/mol. The minimum absolute atomic E-state index is 0.0584. The molecule has 0 saturated carbocycles. The zero-order valence-electron chi connectivity index (χ0n) is 19.8. The fraction of sp³-hybridized carbons (Fsp3) is 0.250. The number of rotatable bonds is 5. The first kappa shape index (κ1) is 24.4. The Balaban J connectivity index is 1.68. The highest BCUT2D eigenvalue weighted by atomic mass is 19.4. The molecule has 2 aromatic carbocycles. The largest absolute Gasteiger partial charge is 0.416 e. The molecule has 0 aliphatic carbocycles. The van der Waals surface area contributed by atoms with E-state index in [4.69, 9.17) is 0 Å². The molecule has 0 fully saturated rings. The van der Waals surface area contributed by atoms with Gasteiger partial charge < -0.3 is 5.32 Å². The van der Waals surface area contributed by atoms with E-state index in [0.29, 0.717) is 28.8 Å². The highest BCUT2D eigenvalue weighted by molar-refractivity contribution is 5.97. The number of hydrogen-bond donors (Lipinski definition) is 1. The van der Waals surface area contributed by atoms with Gasteiger partial charge in [-0.15, -0.1) is 0 Å². The Kier molecular flexibility index (Phi) is 6.61. The Bertz CT molecular complexity index is 1370. The van der Waals surface area contributed by atoms with Gasteiger partial charge in [-0.3, -0.25) is 14.8 Å². The zero-order chi connectivity index (χ0) is 25.2. The molecule has 0 unspecified atom stereocenters. The van der Waals surface area contributed by atoms with Crippen LogP contribution >= 0.6 is 0 Å². The third kappa shape index (κ3) is 5.85. The van der Waals surface area contributed by atoms with Crippen molar-refractivity contribution in [3.05, 3.63) is 95.3 Å². The summed E-state index contributed by atoms with van der Waals surface area (Å²) in [6, 6.07) is 16.1. The first-order valence-corrected chi connectivity index (χ1v) is 11.3. The second-order valence-electron chi connectivity index (χ2n) is 9.71. The molecule has 4 rings (SSSR count). The number of aromatic nitrogens is 2. The van der Waals surface area contributed by atoms with Crippen LogP contribution in [-0.4, -0.2) is 15.9 Å². The molecule has 0 atom stereocenters. The maximum atomic E-state index is 13.6. The van der Waals surface area contributed by atoms with E-state index in [1.54, 1.807) is 42.7 Å². The van der Waals surface area contributed by atoms with Gasteiger partial charge in [-0.05, 0) is 65.4 Å². The van der Waals surface area contributed by atoms with Crippen LogP contribution in [-0.2, 0) is 19.1 Å². The van der Waals surface area contributed by atoms with Crippen LogP contribution in [0.1, 0.15) is 47.8 Å². The number of carbonyl (C=O) groups excluding carboxylic acids is 1. The summed E-state index contributed by atoms with van der Waals surface area (Å²) in [7, 11) is 0. The molecule has 35 heavy (non-hydrogen) atoms. The molecule has 4 nitrogen and oxygen atoms in total. The number of nitrogens with zero attached hydrogens (tertiary/aromatic N) is 2. The second kappa shape index (κ2) is 9.49. The van der Waals surface area contributed by atoms with Crippen molar-refractivity contribution >= 4 is 16.8 Å². The Labute approximate surface area is 202 Å². The molecular formula is C28H26F3N3O. The smallest absolute Gasteiger partial charge is 0.348 e. The van der Waals surface area contributed by atoms with Gasteiger partial charge in [-0.25, -0.2) is 0 Å². The second-order valence-corrected chi connectivity index (χ2v) is 9.71. The summed E-state index contributed by atoms with van der Waals surface area (Å²) in [5.74, 6) is -0.322. The molecule has 0 radical (unpaired) electrons. The van der Waals surface area contributed by atoms with Crippen LogP contribution in [0.25, 0.3) is 22.2 Å². The van der Waals surface area contributed by atoms with Crippen LogP contribution < -0.4 is 5.32 Å². The average molecular weight is 478 g/mol. The van der Waals surface area contributed by atoms with E-state index >= 15 is 0 Å². The highest BCUT2D eigenvalue weighted by Crippen LogP contribution is 2.36. The molecule has 2 heterocycles. The Hall–Kier alpha value is -3.74. The SMILES string of the molecule is CC(C)(C)Cc1cccnc1-c1cc(C(F)(F)F)ccc1CNC(=O)c1ccc2ncccc2c1. The van der Waals surface area contributed by atoms with E-state index in [1.807, 2.05) is 12.1 Å². The maximum Gasteiger partial charge on any atom is 0.416 e. The minimum Gasteiger partial charge on any atom is -0.348 e. The molecular weight excluding hydrogens is 451 g/mol. The van der Waals surface area contributed by atoms with Crippen molar-refractivity contribution in [2.24, 2.45) is 5.41 Å². The third-order valence-electron chi connectivity index (χ3n) is 5.61. The van der Waals surface area contributed by atoms with Gasteiger partial charge in [0.05, 0.1) is 16.8 Å². The maximum absolute atomic E-state index is 13.6. The van der Waals surface area contributed by atoms with Gasteiger partial charge in [0.2, 0.25) is 0 Å². The van der Waals surface area contributed by atoms with E-state index < -0.39 is 11.7 Å². The van der Waals surface area contributed by atoms with Gasteiger partial charge in [0.15, 0.2) is 0 Å². The molecule has 1 N–H and O–H groups in total. The standard InChI is InChI=1S/C28H26F3N3O/c1-27(2,3)16-20-7-5-13-33-25(20)23-15-22(28(29,30)31)10-8-21(23)17-34-26(35)19-9-11-24-18(14-19)6-4-12-32-24/h4-15H,16-17H2,1-3H3,(H,34,35). The Morgan fingerprint density at radius 1 is 0.886 bits per heavy atom. The first-order valence-electron chi connectivity index (χ1n) is 11.3. The number of hydrogen-bond acceptors (Lipinski definition) is 3. The van der Waals surface area contributed by atoms with Gasteiger partial charge in [-0.1, -0.05) is 39.0 Å². The topological polar surface area (TPSA) is 54.9 Å². The molecule has 0 aliphatic heterocycles. The van der Waals surface area contributed by atoms with E-state index in [-0.39, 0.29) is 17.9 Å². The van der Waals surface area contributed by atoms with Crippen LogP contribution in [0, 0.1) is 5.41 Å². The fourth-order valence-electron chi connectivity index (χ4n) is 4.02. The average Bonchev–Trinajstić information content (AvgIpc) is 2.81. The number of fused-ring (bicyclic) bond motifs is 1. The summed E-state index contributed by atoms with van der Waals surface area (Å²) in [6.45, 7) is 6.26. The molecule has 2 aromatic heterocycles. The number of benzene rings is 2. The summed E-state index contributed by atoms with van der Waals surface area (Å²) in [4.78, 5) is 21.6. The Morgan fingerprint density at radius 2 is 1.63 bits per heavy atom. The third-order valence-corrected chi connectivity index (χ3v) is 5.61. The monoisotopic (exact) mass is 477 g/mol. The highest BCUT2D eigenvalue weighted by Gasteiger charge is 2.31. The van der Waals surface area contributed by atoms with Gasteiger partial charge >= 0.3 is 6.18 Å². The Morgan fingerprint density at radius 3 is 2.37 bits per heavy atom. The van der Waals surface area contributed by atoms with E-state index in [9.17, 15) is 18.0 Å². The lowest BCUT2D eigenvalue weighted by molar-refractivity contribution is -0.137. The number of nitrogens with one attached hydrogen (secondary N) is 1. The fourth-order valence-corrected chi connectivity index (χ4v) is 4.02. The van der Waals surface area contributed by atoms with Crippen molar-refractivity contribution in [1.82, 2.24) is 15.3 Å². The molecule has 0 spiro atoms. The molecule has 180 valence electrons. The minimum atomic E-state index is -4.49. The lowest BCUT2D eigenvalue weighted by Gasteiger charge is -2.21. The molecule has 4 aromatic rings. The van der Waals surface area contributed by atoms with Gasteiger partial charge in [-0.2, -0.15) is 13.2 Å². The number of halogens is 3. The lowest BCUT2D eigenvalue weighted by Crippen LogP contribution is -2.23. The van der Waals surface area contributed by atoms with Crippen LogP contribution in [0.15, 0.2) is 73.1 Å². The van der Waals surface area contributed by atoms with Gasteiger partial charge in [0, 0.05) is 35.5 Å². The van der Waals surface area contributed by atoms with Crippen LogP contribution in [0.5, 0.6) is 0 Å². The van der Waals surface area contributed by atoms with Crippen LogP contribution in [0.4, 0.5) is 13.2 Å². The number of alkyl halides is 3. The summed E-state index contributed by atoms with van der Waals surface area (Å²) in [5, 5.41) is 3.68.